The molecule has 0 bridgehead atoms. The predicted octanol–water partition coefficient (Wildman–Crippen LogP) is 2.38. The summed E-state index contributed by atoms with van der Waals surface area (Å²) in [6, 6.07) is 0.431. The molecule has 15 heavy (non-hydrogen) atoms. The number of anilines is 1. The lowest BCUT2D eigenvalue weighted by Gasteiger charge is -2.08. The number of nitrogens with one attached hydrogen (secondary N) is 1. The summed E-state index contributed by atoms with van der Waals surface area (Å²) in [7, 11) is 0. The van der Waals surface area contributed by atoms with Crippen LogP contribution in [0.15, 0.2) is 0 Å². The Morgan fingerprint density at radius 2 is 1.93 bits per heavy atom. The van der Waals surface area contributed by atoms with Gasteiger partial charge >= 0.3 is 0 Å². The SMILES string of the molecule is Cc1nc(C2CC2)nc(NC2CC2)c1F. The Bertz CT molecular complexity index is 397. The molecule has 1 aromatic rings. The molecule has 1 N–H and O–H groups in total. The first-order valence-corrected chi connectivity index (χ1v) is 5.54. The molecule has 0 radical (unpaired) electrons. The summed E-state index contributed by atoms with van der Waals surface area (Å²) in [5.41, 5.74) is 0.468. The van der Waals surface area contributed by atoms with E-state index in [0.29, 0.717) is 23.5 Å². The molecule has 0 saturated heterocycles. The highest BCUT2D eigenvalue weighted by Crippen LogP contribution is 2.39. The maximum Gasteiger partial charge on any atom is 0.186 e. The topological polar surface area (TPSA) is 37.8 Å². The second-order valence-electron chi connectivity index (χ2n) is 4.52. The minimum atomic E-state index is -0.286. The average molecular weight is 207 g/mol. The standard InChI is InChI=1S/C11H14FN3/c1-6-9(12)11(14-8-4-5-8)15-10(13-6)7-2-3-7/h7-8H,2-5H2,1H3,(H,13,14,15). The minimum absolute atomic E-state index is 0.286. The summed E-state index contributed by atoms with van der Waals surface area (Å²) in [6.45, 7) is 1.71. The maximum absolute atomic E-state index is 13.7. The van der Waals surface area contributed by atoms with Gasteiger partial charge in [-0.2, -0.15) is 0 Å². The van der Waals surface area contributed by atoms with Crippen molar-refractivity contribution in [2.45, 2.75) is 44.6 Å². The van der Waals surface area contributed by atoms with Crippen LogP contribution in [-0.4, -0.2) is 16.0 Å². The molecule has 3 nitrogen and oxygen atoms in total. The third kappa shape index (κ3) is 1.80. The number of aromatic nitrogens is 2. The van der Waals surface area contributed by atoms with E-state index in [2.05, 4.69) is 15.3 Å². The molecule has 0 unspecified atom stereocenters. The number of aryl methyl sites for hydroxylation is 1. The molecule has 1 heterocycles. The van der Waals surface area contributed by atoms with Gasteiger partial charge in [0.15, 0.2) is 11.6 Å². The summed E-state index contributed by atoms with van der Waals surface area (Å²) in [6.07, 6.45) is 4.55. The van der Waals surface area contributed by atoms with E-state index in [1.54, 1.807) is 6.92 Å². The van der Waals surface area contributed by atoms with Crippen LogP contribution in [-0.2, 0) is 0 Å². The van der Waals surface area contributed by atoms with Crippen molar-refractivity contribution < 1.29 is 4.39 Å². The monoisotopic (exact) mass is 207 g/mol. The van der Waals surface area contributed by atoms with Crippen molar-refractivity contribution in [3.63, 3.8) is 0 Å². The van der Waals surface area contributed by atoms with Crippen LogP contribution in [0.4, 0.5) is 10.2 Å². The van der Waals surface area contributed by atoms with E-state index in [1.807, 2.05) is 0 Å². The fraction of sp³-hybridized carbons (Fsp3) is 0.636. The molecule has 2 aliphatic carbocycles. The molecular formula is C11H14FN3. The molecule has 4 heteroatoms. The van der Waals surface area contributed by atoms with Crippen molar-refractivity contribution in [2.24, 2.45) is 0 Å². The first-order chi connectivity index (χ1) is 7.24. The van der Waals surface area contributed by atoms with Crippen LogP contribution in [0.2, 0.25) is 0 Å². The lowest BCUT2D eigenvalue weighted by molar-refractivity contribution is 0.599. The van der Waals surface area contributed by atoms with Gasteiger partial charge < -0.3 is 5.32 Å². The zero-order chi connectivity index (χ0) is 10.4. The van der Waals surface area contributed by atoms with Gasteiger partial charge in [-0.3, -0.25) is 0 Å². The van der Waals surface area contributed by atoms with Crippen LogP contribution in [0.3, 0.4) is 0 Å². The number of halogens is 1. The Labute approximate surface area is 88.1 Å². The molecule has 1 aromatic heterocycles. The van der Waals surface area contributed by atoms with Gasteiger partial charge in [-0.15, -0.1) is 0 Å². The molecule has 2 saturated carbocycles. The van der Waals surface area contributed by atoms with E-state index in [1.165, 1.54) is 0 Å². The second-order valence-corrected chi connectivity index (χ2v) is 4.52. The fourth-order valence-electron chi connectivity index (χ4n) is 1.62. The first-order valence-electron chi connectivity index (χ1n) is 5.54. The molecule has 2 fully saturated rings. The summed E-state index contributed by atoms with van der Waals surface area (Å²) in [5.74, 6) is 1.42. The van der Waals surface area contributed by atoms with E-state index in [4.69, 9.17) is 0 Å². The summed E-state index contributed by atoms with van der Waals surface area (Å²) in [5, 5.41) is 3.12. The molecule has 80 valence electrons. The van der Waals surface area contributed by atoms with E-state index in [0.717, 1.165) is 31.5 Å². The third-order valence-electron chi connectivity index (χ3n) is 2.89. The highest BCUT2D eigenvalue weighted by atomic mass is 19.1. The molecule has 0 atom stereocenters. The van der Waals surface area contributed by atoms with Crippen LogP contribution in [0.1, 0.15) is 43.1 Å². The van der Waals surface area contributed by atoms with Gasteiger partial charge in [0.05, 0.1) is 5.69 Å². The van der Waals surface area contributed by atoms with Crippen molar-refractivity contribution in [2.75, 3.05) is 5.32 Å². The molecule has 0 amide bonds. The van der Waals surface area contributed by atoms with Gasteiger partial charge in [-0.05, 0) is 32.6 Å². The van der Waals surface area contributed by atoms with Crippen molar-refractivity contribution in [1.82, 2.24) is 9.97 Å². The number of hydrogen-bond donors (Lipinski definition) is 1. The Kier molecular flexibility index (Phi) is 1.90. The Hall–Kier alpha value is -1.19. The third-order valence-corrected chi connectivity index (χ3v) is 2.89. The van der Waals surface area contributed by atoms with Gasteiger partial charge in [0.2, 0.25) is 0 Å². The normalized spacial score (nSPS) is 20.4. The fourth-order valence-corrected chi connectivity index (χ4v) is 1.62. The number of rotatable bonds is 3. The predicted molar refractivity (Wildman–Crippen MR) is 55.3 cm³/mol. The van der Waals surface area contributed by atoms with Crippen molar-refractivity contribution in [3.05, 3.63) is 17.3 Å². The van der Waals surface area contributed by atoms with Crippen LogP contribution < -0.4 is 5.32 Å². The Morgan fingerprint density at radius 1 is 1.20 bits per heavy atom. The van der Waals surface area contributed by atoms with Gasteiger partial charge in [-0.1, -0.05) is 0 Å². The van der Waals surface area contributed by atoms with Gasteiger partial charge in [0, 0.05) is 12.0 Å². The average Bonchev–Trinajstić information content (AvgIpc) is 3.03. The lowest BCUT2D eigenvalue weighted by Crippen LogP contribution is -2.10. The smallest absolute Gasteiger partial charge is 0.186 e. The van der Waals surface area contributed by atoms with E-state index in [-0.39, 0.29) is 5.82 Å². The van der Waals surface area contributed by atoms with Crippen LogP contribution in [0, 0.1) is 12.7 Å². The molecule has 0 aliphatic heterocycles. The maximum atomic E-state index is 13.7. The molecule has 0 aromatic carbocycles. The quantitative estimate of drug-likeness (QED) is 0.826. The largest absolute Gasteiger partial charge is 0.365 e. The Morgan fingerprint density at radius 3 is 2.53 bits per heavy atom. The highest BCUT2D eigenvalue weighted by Gasteiger charge is 2.29. The van der Waals surface area contributed by atoms with E-state index >= 15 is 0 Å². The first kappa shape index (κ1) is 9.07. The summed E-state index contributed by atoms with van der Waals surface area (Å²) in [4.78, 5) is 8.48. The molecular weight excluding hydrogens is 193 g/mol. The lowest BCUT2D eigenvalue weighted by atomic mass is 10.3. The van der Waals surface area contributed by atoms with Gasteiger partial charge in [0.1, 0.15) is 5.82 Å². The highest BCUT2D eigenvalue weighted by molar-refractivity contribution is 5.41. The molecule has 0 spiro atoms. The van der Waals surface area contributed by atoms with Crippen LogP contribution >= 0.6 is 0 Å². The van der Waals surface area contributed by atoms with Crippen molar-refractivity contribution >= 4 is 5.82 Å². The molecule has 3 rings (SSSR count). The van der Waals surface area contributed by atoms with Gasteiger partial charge in [-0.25, -0.2) is 14.4 Å². The summed E-state index contributed by atoms with van der Waals surface area (Å²) < 4.78 is 13.7. The van der Waals surface area contributed by atoms with E-state index in [9.17, 15) is 4.39 Å². The van der Waals surface area contributed by atoms with Crippen LogP contribution in [0.25, 0.3) is 0 Å². The van der Waals surface area contributed by atoms with Crippen LogP contribution in [0.5, 0.6) is 0 Å². The molecule has 2 aliphatic rings. The Balaban J connectivity index is 1.93. The minimum Gasteiger partial charge on any atom is -0.365 e. The second kappa shape index (κ2) is 3.15. The number of nitrogens with zero attached hydrogens (tertiary/aromatic N) is 2. The number of hydrogen-bond acceptors (Lipinski definition) is 3. The van der Waals surface area contributed by atoms with Gasteiger partial charge in [0.25, 0.3) is 0 Å². The zero-order valence-corrected chi connectivity index (χ0v) is 8.76. The van der Waals surface area contributed by atoms with Crippen molar-refractivity contribution in [1.29, 1.82) is 0 Å². The zero-order valence-electron chi connectivity index (χ0n) is 8.76. The van der Waals surface area contributed by atoms with E-state index < -0.39 is 0 Å². The summed E-state index contributed by atoms with van der Waals surface area (Å²) >= 11 is 0. The van der Waals surface area contributed by atoms with Crippen molar-refractivity contribution in [3.8, 4) is 0 Å².